The van der Waals surface area contributed by atoms with Crippen LogP contribution >= 0.6 is 34.5 Å². The van der Waals surface area contributed by atoms with Crippen LogP contribution in [0.15, 0.2) is 23.6 Å². The molecule has 0 amide bonds. The van der Waals surface area contributed by atoms with E-state index in [0.29, 0.717) is 33.2 Å². The third-order valence-electron chi connectivity index (χ3n) is 2.36. The molecule has 0 aliphatic heterocycles. The Hall–Kier alpha value is -1.30. The van der Waals surface area contributed by atoms with E-state index in [-0.39, 0.29) is 12.4 Å². The number of carbonyl (C=O) groups is 1. The Morgan fingerprint density at radius 3 is 2.95 bits per heavy atom. The summed E-state index contributed by atoms with van der Waals surface area (Å²) in [5, 5.41) is 6.64. The molecule has 0 saturated heterocycles. The molecule has 1 aromatic carbocycles. The second kappa shape index (κ2) is 6.92. The first-order valence-electron chi connectivity index (χ1n) is 5.90. The number of halogens is 2. The van der Waals surface area contributed by atoms with Crippen molar-refractivity contribution >= 4 is 51.3 Å². The molecule has 0 aliphatic carbocycles. The number of anilines is 2. The first-order valence-corrected chi connectivity index (χ1v) is 7.54. The van der Waals surface area contributed by atoms with Gasteiger partial charge in [-0.2, -0.15) is 0 Å². The van der Waals surface area contributed by atoms with Gasteiger partial charge in [0.15, 0.2) is 5.13 Å². The van der Waals surface area contributed by atoms with E-state index < -0.39 is 0 Å². The average Bonchev–Trinajstić information content (AvgIpc) is 2.80. The third kappa shape index (κ3) is 4.10. The van der Waals surface area contributed by atoms with Crippen LogP contribution in [0.1, 0.15) is 12.6 Å². The van der Waals surface area contributed by atoms with Crippen molar-refractivity contribution in [3.8, 4) is 0 Å². The molecule has 0 spiro atoms. The van der Waals surface area contributed by atoms with Crippen LogP contribution in [0.4, 0.5) is 10.8 Å². The van der Waals surface area contributed by atoms with Crippen LogP contribution in [0, 0.1) is 0 Å². The molecular weight excluding hydrogens is 319 g/mol. The molecule has 1 heterocycles. The summed E-state index contributed by atoms with van der Waals surface area (Å²) < 4.78 is 4.88. The standard InChI is InChI=1S/C13H12Cl2N2O2S/c1-2-19-12(18)6-9-7-20-13(16-9)17-11-4-3-8(14)5-10(11)15/h3-5,7H,2,6H2,1H3,(H,16,17). The van der Waals surface area contributed by atoms with Crippen molar-refractivity contribution in [3.63, 3.8) is 0 Å². The quantitative estimate of drug-likeness (QED) is 0.830. The maximum absolute atomic E-state index is 11.4. The molecule has 0 unspecified atom stereocenters. The minimum Gasteiger partial charge on any atom is -0.466 e. The van der Waals surface area contributed by atoms with Crippen LogP contribution in [-0.4, -0.2) is 17.6 Å². The molecule has 0 bridgehead atoms. The number of nitrogens with zero attached hydrogens (tertiary/aromatic N) is 1. The van der Waals surface area contributed by atoms with Gasteiger partial charge < -0.3 is 10.1 Å². The number of rotatable bonds is 5. The Labute approximate surface area is 130 Å². The minimum absolute atomic E-state index is 0.167. The fourth-order valence-electron chi connectivity index (χ4n) is 1.51. The highest BCUT2D eigenvalue weighted by Gasteiger charge is 2.09. The van der Waals surface area contributed by atoms with Gasteiger partial charge in [0.1, 0.15) is 0 Å². The first-order chi connectivity index (χ1) is 9.58. The van der Waals surface area contributed by atoms with Crippen LogP contribution < -0.4 is 5.32 Å². The normalized spacial score (nSPS) is 10.3. The number of benzene rings is 1. The van der Waals surface area contributed by atoms with Crippen molar-refractivity contribution in [1.82, 2.24) is 4.98 Å². The van der Waals surface area contributed by atoms with Crippen LogP contribution in [0.5, 0.6) is 0 Å². The smallest absolute Gasteiger partial charge is 0.311 e. The summed E-state index contributed by atoms with van der Waals surface area (Å²) in [5.74, 6) is -0.283. The number of hydrogen-bond acceptors (Lipinski definition) is 5. The monoisotopic (exact) mass is 330 g/mol. The van der Waals surface area contributed by atoms with Gasteiger partial charge in [-0.3, -0.25) is 4.79 Å². The lowest BCUT2D eigenvalue weighted by Gasteiger charge is -2.05. The zero-order valence-electron chi connectivity index (χ0n) is 10.7. The minimum atomic E-state index is -0.283. The van der Waals surface area contributed by atoms with Gasteiger partial charge in [0.25, 0.3) is 0 Å². The van der Waals surface area contributed by atoms with Crippen LogP contribution in [0.2, 0.25) is 10.0 Å². The zero-order valence-corrected chi connectivity index (χ0v) is 13.0. The SMILES string of the molecule is CCOC(=O)Cc1csc(Nc2ccc(Cl)cc2Cl)n1. The van der Waals surface area contributed by atoms with E-state index in [1.807, 2.05) is 5.38 Å². The van der Waals surface area contributed by atoms with E-state index in [2.05, 4.69) is 10.3 Å². The van der Waals surface area contributed by atoms with Gasteiger partial charge in [-0.05, 0) is 25.1 Å². The number of thiazole rings is 1. The average molecular weight is 331 g/mol. The molecule has 2 aromatic rings. The Bertz CT molecular complexity index is 616. The molecule has 20 heavy (non-hydrogen) atoms. The van der Waals surface area contributed by atoms with E-state index in [4.69, 9.17) is 27.9 Å². The highest BCUT2D eigenvalue weighted by Crippen LogP contribution is 2.29. The molecule has 0 radical (unpaired) electrons. The van der Waals surface area contributed by atoms with Crippen LogP contribution in [-0.2, 0) is 16.0 Å². The van der Waals surface area contributed by atoms with Crippen LogP contribution in [0.25, 0.3) is 0 Å². The fraction of sp³-hybridized carbons (Fsp3) is 0.231. The zero-order chi connectivity index (χ0) is 14.5. The van der Waals surface area contributed by atoms with Crippen molar-refractivity contribution in [2.75, 3.05) is 11.9 Å². The van der Waals surface area contributed by atoms with E-state index in [9.17, 15) is 4.79 Å². The van der Waals surface area contributed by atoms with Crippen molar-refractivity contribution in [3.05, 3.63) is 39.3 Å². The van der Waals surface area contributed by atoms with Gasteiger partial charge in [0.05, 0.1) is 29.4 Å². The second-order valence-electron chi connectivity index (χ2n) is 3.87. The summed E-state index contributed by atoms with van der Waals surface area (Å²) in [5.41, 5.74) is 1.38. The Morgan fingerprint density at radius 1 is 1.45 bits per heavy atom. The molecule has 4 nitrogen and oxygen atoms in total. The molecule has 0 fully saturated rings. The van der Waals surface area contributed by atoms with Gasteiger partial charge in [0, 0.05) is 10.4 Å². The molecule has 106 valence electrons. The number of esters is 1. The Balaban J connectivity index is 2.04. The number of carbonyl (C=O) groups excluding carboxylic acids is 1. The van der Waals surface area contributed by atoms with Crippen molar-refractivity contribution < 1.29 is 9.53 Å². The Morgan fingerprint density at radius 2 is 2.25 bits per heavy atom. The largest absolute Gasteiger partial charge is 0.466 e. The lowest BCUT2D eigenvalue weighted by molar-refractivity contribution is -0.142. The summed E-state index contributed by atoms with van der Waals surface area (Å²) in [6.07, 6.45) is 0.167. The topological polar surface area (TPSA) is 51.2 Å². The van der Waals surface area contributed by atoms with Crippen molar-refractivity contribution in [1.29, 1.82) is 0 Å². The van der Waals surface area contributed by atoms with Gasteiger partial charge in [-0.25, -0.2) is 4.98 Å². The van der Waals surface area contributed by atoms with E-state index >= 15 is 0 Å². The number of ether oxygens (including phenoxy) is 1. The van der Waals surface area contributed by atoms with Gasteiger partial charge in [0.2, 0.25) is 0 Å². The molecule has 1 N–H and O–H groups in total. The number of nitrogens with one attached hydrogen (secondary N) is 1. The predicted molar refractivity (Wildman–Crippen MR) is 82.2 cm³/mol. The lowest BCUT2D eigenvalue weighted by Crippen LogP contribution is -2.07. The van der Waals surface area contributed by atoms with Gasteiger partial charge >= 0.3 is 5.97 Å². The molecule has 2 rings (SSSR count). The Kier molecular flexibility index (Phi) is 5.23. The van der Waals surface area contributed by atoms with Gasteiger partial charge in [-0.1, -0.05) is 23.2 Å². The van der Waals surface area contributed by atoms with E-state index in [1.54, 1.807) is 25.1 Å². The highest BCUT2D eigenvalue weighted by atomic mass is 35.5. The van der Waals surface area contributed by atoms with E-state index in [1.165, 1.54) is 11.3 Å². The molecule has 0 atom stereocenters. The molecular formula is C13H12Cl2N2O2S. The molecule has 0 aliphatic rings. The number of hydrogen-bond donors (Lipinski definition) is 1. The highest BCUT2D eigenvalue weighted by molar-refractivity contribution is 7.13. The lowest BCUT2D eigenvalue weighted by atomic mass is 10.3. The van der Waals surface area contributed by atoms with Gasteiger partial charge in [-0.15, -0.1) is 11.3 Å². The summed E-state index contributed by atoms with van der Waals surface area (Å²) in [4.78, 5) is 15.7. The predicted octanol–water partition coefficient (Wildman–Crippen LogP) is 4.30. The molecule has 0 saturated carbocycles. The summed E-state index contributed by atoms with van der Waals surface area (Å²) in [6, 6.07) is 5.17. The van der Waals surface area contributed by atoms with Crippen molar-refractivity contribution in [2.45, 2.75) is 13.3 Å². The van der Waals surface area contributed by atoms with Crippen LogP contribution in [0.3, 0.4) is 0 Å². The first kappa shape index (κ1) is 15.1. The summed E-state index contributed by atoms with van der Waals surface area (Å²) in [6.45, 7) is 2.14. The third-order valence-corrected chi connectivity index (χ3v) is 3.71. The second-order valence-corrected chi connectivity index (χ2v) is 5.58. The fourth-order valence-corrected chi connectivity index (χ4v) is 2.69. The summed E-state index contributed by atoms with van der Waals surface area (Å²) >= 11 is 13.3. The van der Waals surface area contributed by atoms with E-state index in [0.717, 1.165) is 0 Å². The van der Waals surface area contributed by atoms with Crippen molar-refractivity contribution in [2.24, 2.45) is 0 Å². The maximum atomic E-state index is 11.4. The summed E-state index contributed by atoms with van der Waals surface area (Å²) in [7, 11) is 0. The molecule has 7 heteroatoms. The molecule has 1 aromatic heterocycles. The number of aromatic nitrogens is 1. The maximum Gasteiger partial charge on any atom is 0.311 e.